The van der Waals surface area contributed by atoms with E-state index in [0.717, 1.165) is 0 Å². The molecule has 0 spiro atoms. The predicted molar refractivity (Wildman–Crippen MR) is 75.6 cm³/mol. The molecule has 112 valence electrons. The largest absolute Gasteiger partial charge is 0.468 e. The number of rotatable bonds is 3. The third-order valence-corrected chi connectivity index (χ3v) is 3.48. The summed E-state index contributed by atoms with van der Waals surface area (Å²) in [6, 6.07) is 4.61. The molecule has 1 heterocycles. The summed E-state index contributed by atoms with van der Waals surface area (Å²) >= 11 is 0. The van der Waals surface area contributed by atoms with Crippen molar-refractivity contribution < 1.29 is 18.7 Å². The summed E-state index contributed by atoms with van der Waals surface area (Å²) in [6.45, 7) is 3.79. The summed E-state index contributed by atoms with van der Waals surface area (Å²) in [6.07, 6.45) is 0. The molecule has 1 aliphatic rings. The van der Waals surface area contributed by atoms with Gasteiger partial charge in [-0.1, -0.05) is 26.0 Å². The first-order valence-electron chi connectivity index (χ1n) is 6.67. The number of hydrogen-bond donors (Lipinski definition) is 1. The van der Waals surface area contributed by atoms with Crippen LogP contribution in [-0.2, 0) is 9.53 Å². The van der Waals surface area contributed by atoms with Crippen LogP contribution in [0.3, 0.4) is 0 Å². The molecule has 0 saturated heterocycles. The van der Waals surface area contributed by atoms with Gasteiger partial charge < -0.3 is 10.1 Å². The summed E-state index contributed by atoms with van der Waals surface area (Å²) in [5, 5.41) is 2.69. The third kappa shape index (κ3) is 3.09. The Kier molecular flexibility index (Phi) is 4.35. The van der Waals surface area contributed by atoms with E-state index in [1.165, 1.54) is 31.4 Å². The third-order valence-electron chi connectivity index (χ3n) is 3.48. The number of urea groups is 1. The Labute approximate surface area is 122 Å². The zero-order chi connectivity index (χ0) is 15.6. The van der Waals surface area contributed by atoms with Crippen LogP contribution in [0.4, 0.5) is 9.18 Å². The highest BCUT2D eigenvalue weighted by atomic mass is 19.1. The van der Waals surface area contributed by atoms with E-state index in [9.17, 15) is 14.0 Å². The molecule has 1 aromatic carbocycles. The van der Waals surface area contributed by atoms with E-state index in [4.69, 9.17) is 4.74 Å². The summed E-state index contributed by atoms with van der Waals surface area (Å²) in [7, 11) is 1.29. The van der Waals surface area contributed by atoms with Gasteiger partial charge in [0.25, 0.3) is 0 Å². The molecule has 1 aromatic rings. The lowest BCUT2D eigenvalue weighted by molar-refractivity contribution is -0.144. The second-order valence-corrected chi connectivity index (χ2v) is 5.22. The molecule has 5 nitrogen and oxygen atoms in total. The lowest BCUT2D eigenvalue weighted by Gasteiger charge is -2.32. The number of ether oxygens (including phenoxy) is 1. The normalized spacial score (nSPS) is 21.8. The number of amides is 2. The predicted octanol–water partition coefficient (Wildman–Crippen LogP) is 2.15. The quantitative estimate of drug-likeness (QED) is 0.868. The van der Waals surface area contributed by atoms with Crippen LogP contribution in [0.25, 0.3) is 0 Å². The SMILES string of the molecule is COC(=O)C1C(c2ccc(F)cc2)=NC(=O)NC1C(C)C. The minimum absolute atomic E-state index is 0.0176. The molecule has 21 heavy (non-hydrogen) atoms. The number of halogens is 1. The number of benzene rings is 1. The van der Waals surface area contributed by atoms with Crippen LogP contribution in [0.15, 0.2) is 29.3 Å². The summed E-state index contributed by atoms with van der Waals surface area (Å²) < 4.78 is 17.9. The van der Waals surface area contributed by atoms with Crippen molar-refractivity contribution in [1.82, 2.24) is 5.32 Å². The average Bonchev–Trinajstić information content (AvgIpc) is 2.46. The molecule has 2 rings (SSSR count). The highest BCUT2D eigenvalue weighted by molar-refractivity contribution is 6.17. The fourth-order valence-electron chi connectivity index (χ4n) is 2.41. The van der Waals surface area contributed by atoms with E-state index in [-0.39, 0.29) is 5.92 Å². The number of esters is 1. The van der Waals surface area contributed by atoms with Crippen LogP contribution >= 0.6 is 0 Å². The van der Waals surface area contributed by atoms with Crippen LogP contribution < -0.4 is 5.32 Å². The molecule has 0 radical (unpaired) electrons. The van der Waals surface area contributed by atoms with Crippen LogP contribution in [0, 0.1) is 17.7 Å². The topological polar surface area (TPSA) is 67.8 Å². The van der Waals surface area contributed by atoms with Crippen molar-refractivity contribution in [2.24, 2.45) is 16.8 Å². The smallest absolute Gasteiger partial charge is 0.341 e. The molecule has 0 bridgehead atoms. The highest BCUT2D eigenvalue weighted by Gasteiger charge is 2.40. The van der Waals surface area contributed by atoms with E-state index < -0.39 is 29.8 Å². The lowest BCUT2D eigenvalue weighted by atomic mass is 9.83. The maximum atomic E-state index is 13.0. The summed E-state index contributed by atoms with van der Waals surface area (Å²) in [5.74, 6) is -1.56. The number of nitrogens with zero attached hydrogens (tertiary/aromatic N) is 1. The van der Waals surface area contributed by atoms with Gasteiger partial charge >= 0.3 is 12.0 Å². The van der Waals surface area contributed by atoms with Gasteiger partial charge in [0.05, 0.1) is 18.9 Å². The second-order valence-electron chi connectivity index (χ2n) is 5.22. The van der Waals surface area contributed by atoms with Gasteiger partial charge in [0, 0.05) is 0 Å². The van der Waals surface area contributed by atoms with Gasteiger partial charge in [0.2, 0.25) is 0 Å². The maximum Gasteiger partial charge on any atom is 0.341 e. The van der Waals surface area contributed by atoms with Crippen molar-refractivity contribution in [3.8, 4) is 0 Å². The number of aliphatic imine (C=N–C) groups is 1. The van der Waals surface area contributed by atoms with Crippen molar-refractivity contribution in [3.05, 3.63) is 35.6 Å². The minimum Gasteiger partial charge on any atom is -0.468 e. The first-order chi connectivity index (χ1) is 9.93. The molecule has 2 unspecified atom stereocenters. The van der Waals surface area contributed by atoms with Crippen molar-refractivity contribution in [3.63, 3.8) is 0 Å². The van der Waals surface area contributed by atoms with Crippen molar-refractivity contribution >= 4 is 17.7 Å². The van der Waals surface area contributed by atoms with Crippen LogP contribution in [0.1, 0.15) is 19.4 Å². The Hall–Kier alpha value is -2.24. The van der Waals surface area contributed by atoms with E-state index in [0.29, 0.717) is 11.3 Å². The Morgan fingerprint density at radius 2 is 1.95 bits per heavy atom. The number of carbonyl (C=O) groups is 2. The zero-order valence-corrected chi connectivity index (χ0v) is 12.1. The van der Waals surface area contributed by atoms with Gasteiger partial charge in [0.1, 0.15) is 11.7 Å². The van der Waals surface area contributed by atoms with Crippen LogP contribution in [0.2, 0.25) is 0 Å². The first kappa shape index (κ1) is 15.2. The van der Waals surface area contributed by atoms with E-state index in [1.54, 1.807) is 0 Å². The van der Waals surface area contributed by atoms with E-state index in [2.05, 4.69) is 10.3 Å². The first-order valence-corrected chi connectivity index (χ1v) is 6.67. The van der Waals surface area contributed by atoms with Gasteiger partial charge in [0.15, 0.2) is 0 Å². The minimum atomic E-state index is -0.710. The van der Waals surface area contributed by atoms with Crippen molar-refractivity contribution in [1.29, 1.82) is 0 Å². The molecule has 6 heteroatoms. The number of hydrogen-bond acceptors (Lipinski definition) is 3. The van der Waals surface area contributed by atoms with Crippen LogP contribution in [0.5, 0.6) is 0 Å². The Morgan fingerprint density at radius 3 is 2.48 bits per heavy atom. The number of carbonyl (C=O) groups excluding carboxylic acids is 2. The Balaban J connectivity index is 2.50. The summed E-state index contributed by atoms with van der Waals surface area (Å²) in [5.41, 5.74) is 0.844. The van der Waals surface area contributed by atoms with Crippen molar-refractivity contribution in [2.75, 3.05) is 7.11 Å². The molecule has 0 fully saturated rings. The summed E-state index contributed by atoms with van der Waals surface area (Å²) in [4.78, 5) is 27.8. The molecular formula is C15H17FN2O3. The molecule has 2 atom stereocenters. The van der Waals surface area contributed by atoms with Gasteiger partial charge in [-0.2, -0.15) is 4.99 Å². The number of nitrogens with one attached hydrogen (secondary N) is 1. The molecule has 1 N–H and O–H groups in total. The standard InChI is InChI=1S/C15H17FN2O3/c1-8(2)12-11(14(19)21-3)13(18-15(20)17-12)9-4-6-10(16)7-5-9/h4-8,11-12H,1-3H3,(H,17,20). The number of methoxy groups -OCH3 is 1. The lowest BCUT2D eigenvalue weighted by Crippen LogP contribution is -2.53. The molecule has 2 amide bonds. The van der Waals surface area contributed by atoms with Crippen molar-refractivity contribution in [2.45, 2.75) is 19.9 Å². The van der Waals surface area contributed by atoms with E-state index in [1.807, 2.05) is 13.8 Å². The Bertz CT molecular complexity index is 581. The molecule has 0 aromatic heterocycles. The highest BCUT2D eigenvalue weighted by Crippen LogP contribution is 2.24. The molecule has 0 saturated carbocycles. The second kappa shape index (κ2) is 6.03. The average molecular weight is 292 g/mol. The molecule has 0 aliphatic carbocycles. The van der Waals surface area contributed by atoms with Gasteiger partial charge in [-0.25, -0.2) is 9.18 Å². The molecule has 1 aliphatic heterocycles. The van der Waals surface area contributed by atoms with Gasteiger partial charge in [-0.15, -0.1) is 0 Å². The van der Waals surface area contributed by atoms with Gasteiger partial charge in [-0.3, -0.25) is 4.79 Å². The molecular weight excluding hydrogens is 275 g/mol. The maximum absolute atomic E-state index is 13.0. The van der Waals surface area contributed by atoms with Gasteiger partial charge in [-0.05, 0) is 23.6 Å². The Morgan fingerprint density at radius 1 is 1.33 bits per heavy atom. The van der Waals surface area contributed by atoms with E-state index >= 15 is 0 Å². The van der Waals surface area contributed by atoms with Crippen LogP contribution in [-0.4, -0.2) is 30.9 Å². The monoisotopic (exact) mass is 292 g/mol. The fourth-order valence-corrected chi connectivity index (χ4v) is 2.41. The zero-order valence-electron chi connectivity index (χ0n) is 12.1. The fraction of sp³-hybridized carbons (Fsp3) is 0.400.